The molecule has 0 saturated heterocycles. The lowest BCUT2D eigenvalue weighted by atomic mass is 10.5. The Labute approximate surface area is 105 Å². The van der Waals surface area contributed by atoms with Crippen molar-refractivity contribution in [3.05, 3.63) is 23.5 Å². The minimum atomic E-state index is -3.56. The molecule has 7 heteroatoms. The Bertz CT molecular complexity index is 485. The highest BCUT2D eigenvalue weighted by Crippen LogP contribution is 2.31. The first-order valence-electron chi connectivity index (χ1n) is 5.30. The number of hydrogen-bond donors (Lipinski definition) is 1. The van der Waals surface area contributed by atoms with Crippen LogP contribution in [0.1, 0.15) is 12.8 Å². The number of nitrogens with zero attached hydrogens (tertiary/aromatic N) is 2. The van der Waals surface area contributed by atoms with Crippen molar-refractivity contribution in [3.63, 3.8) is 0 Å². The van der Waals surface area contributed by atoms with Gasteiger partial charge in [0.1, 0.15) is 10.0 Å². The van der Waals surface area contributed by atoms with Crippen LogP contribution in [0.2, 0.25) is 5.15 Å². The summed E-state index contributed by atoms with van der Waals surface area (Å²) in [5, 5.41) is 9.18. The van der Waals surface area contributed by atoms with Crippen LogP contribution in [0.15, 0.2) is 23.2 Å². The van der Waals surface area contributed by atoms with Crippen molar-refractivity contribution in [2.45, 2.75) is 23.8 Å². The molecule has 1 saturated carbocycles. The Balaban J connectivity index is 2.30. The van der Waals surface area contributed by atoms with Crippen molar-refractivity contribution in [3.8, 4) is 0 Å². The smallest absolute Gasteiger partial charge is 0.244 e. The maximum atomic E-state index is 12.2. The van der Waals surface area contributed by atoms with Gasteiger partial charge in [-0.3, -0.25) is 0 Å². The van der Waals surface area contributed by atoms with Crippen LogP contribution in [-0.4, -0.2) is 42.0 Å². The van der Waals surface area contributed by atoms with Gasteiger partial charge in [0, 0.05) is 18.8 Å². The van der Waals surface area contributed by atoms with E-state index in [1.54, 1.807) is 0 Å². The van der Waals surface area contributed by atoms with Crippen molar-refractivity contribution in [1.82, 2.24) is 9.29 Å². The third-order valence-electron chi connectivity index (χ3n) is 2.58. The maximum Gasteiger partial charge on any atom is 0.244 e. The number of aliphatic hydroxyl groups is 1. The molecule has 1 aromatic rings. The lowest BCUT2D eigenvalue weighted by molar-refractivity contribution is 0.250. The third-order valence-corrected chi connectivity index (χ3v) is 4.74. The van der Waals surface area contributed by atoms with Crippen LogP contribution in [0.4, 0.5) is 0 Å². The summed E-state index contributed by atoms with van der Waals surface area (Å²) in [6, 6.07) is 2.89. The van der Waals surface area contributed by atoms with Crippen molar-refractivity contribution in [1.29, 1.82) is 0 Å². The Morgan fingerprint density at radius 3 is 2.65 bits per heavy atom. The van der Waals surface area contributed by atoms with Crippen LogP contribution in [0.5, 0.6) is 0 Å². The number of pyridine rings is 1. The molecule has 0 aromatic carbocycles. The maximum absolute atomic E-state index is 12.2. The van der Waals surface area contributed by atoms with E-state index in [4.69, 9.17) is 16.7 Å². The SMILES string of the molecule is O=S(=O)(c1ccc(Cl)nc1)N(CCO)C1CC1. The molecule has 2 rings (SSSR count). The molecule has 5 nitrogen and oxygen atoms in total. The molecule has 0 radical (unpaired) electrons. The van der Waals surface area contributed by atoms with E-state index in [2.05, 4.69) is 4.98 Å². The Hall–Kier alpha value is -0.690. The van der Waals surface area contributed by atoms with Gasteiger partial charge in [0.05, 0.1) is 6.61 Å². The highest BCUT2D eigenvalue weighted by atomic mass is 35.5. The van der Waals surface area contributed by atoms with E-state index in [1.165, 1.54) is 22.6 Å². The van der Waals surface area contributed by atoms with Crippen molar-refractivity contribution < 1.29 is 13.5 Å². The highest BCUT2D eigenvalue weighted by molar-refractivity contribution is 7.89. The second-order valence-corrected chi connectivity index (χ2v) is 6.16. The molecule has 0 atom stereocenters. The van der Waals surface area contributed by atoms with E-state index in [-0.39, 0.29) is 29.2 Å². The zero-order valence-corrected chi connectivity index (χ0v) is 10.7. The fraction of sp³-hybridized carbons (Fsp3) is 0.500. The van der Waals surface area contributed by atoms with E-state index < -0.39 is 10.0 Å². The van der Waals surface area contributed by atoms with E-state index in [1.807, 2.05) is 0 Å². The molecule has 1 aliphatic rings. The molecule has 1 aromatic heterocycles. The molecule has 1 fully saturated rings. The molecule has 1 N–H and O–H groups in total. The van der Waals surface area contributed by atoms with Gasteiger partial charge < -0.3 is 5.11 Å². The van der Waals surface area contributed by atoms with Gasteiger partial charge in [0.15, 0.2) is 0 Å². The van der Waals surface area contributed by atoms with E-state index >= 15 is 0 Å². The zero-order valence-electron chi connectivity index (χ0n) is 9.08. The molecule has 0 amide bonds. The highest BCUT2D eigenvalue weighted by Gasteiger charge is 2.37. The van der Waals surface area contributed by atoms with Gasteiger partial charge >= 0.3 is 0 Å². The number of aromatic nitrogens is 1. The summed E-state index contributed by atoms with van der Waals surface area (Å²) in [5.74, 6) is 0. The molecule has 1 heterocycles. The second kappa shape index (κ2) is 4.89. The molecule has 0 bridgehead atoms. The van der Waals surface area contributed by atoms with Gasteiger partial charge in [-0.05, 0) is 25.0 Å². The normalized spacial score (nSPS) is 16.4. The van der Waals surface area contributed by atoms with Gasteiger partial charge in [-0.15, -0.1) is 0 Å². The van der Waals surface area contributed by atoms with Crippen molar-refractivity contribution in [2.24, 2.45) is 0 Å². The number of hydrogen-bond acceptors (Lipinski definition) is 4. The van der Waals surface area contributed by atoms with Gasteiger partial charge in [0.2, 0.25) is 10.0 Å². The molecular formula is C10H13ClN2O3S. The first-order chi connectivity index (χ1) is 8.05. The fourth-order valence-corrected chi connectivity index (χ4v) is 3.34. The summed E-state index contributed by atoms with van der Waals surface area (Å²) in [6.45, 7) is -0.0631. The van der Waals surface area contributed by atoms with Crippen LogP contribution in [0.25, 0.3) is 0 Å². The Morgan fingerprint density at radius 1 is 1.47 bits per heavy atom. The number of aliphatic hydroxyl groups excluding tert-OH is 1. The fourth-order valence-electron chi connectivity index (χ4n) is 1.61. The number of halogens is 1. The van der Waals surface area contributed by atoms with E-state index in [0.29, 0.717) is 0 Å². The van der Waals surface area contributed by atoms with Crippen LogP contribution < -0.4 is 0 Å². The third kappa shape index (κ3) is 2.77. The molecule has 94 valence electrons. The van der Waals surface area contributed by atoms with E-state index in [9.17, 15) is 8.42 Å². The largest absolute Gasteiger partial charge is 0.395 e. The first-order valence-corrected chi connectivity index (χ1v) is 7.12. The van der Waals surface area contributed by atoms with Gasteiger partial charge in [-0.1, -0.05) is 11.6 Å². The minimum absolute atomic E-state index is 0.0165. The summed E-state index contributed by atoms with van der Waals surface area (Å²) >= 11 is 5.62. The van der Waals surface area contributed by atoms with Gasteiger partial charge in [-0.2, -0.15) is 4.31 Å². The summed E-state index contributed by atoms with van der Waals surface area (Å²) in [6.07, 6.45) is 2.94. The topological polar surface area (TPSA) is 70.5 Å². The molecule has 0 spiro atoms. The Kier molecular flexibility index (Phi) is 3.67. The lowest BCUT2D eigenvalue weighted by Gasteiger charge is -2.20. The Morgan fingerprint density at radius 2 is 2.18 bits per heavy atom. The molecular weight excluding hydrogens is 264 g/mol. The second-order valence-electron chi connectivity index (χ2n) is 3.89. The molecule has 0 aliphatic heterocycles. The van der Waals surface area contributed by atoms with Crippen molar-refractivity contribution in [2.75, 3.05) is 13.2 Å². The van der Waals surface area contributed by atoms with Crippen molar-refractivity contribution >= 4 is 21.6 Å². The molecule has 17 heavy (non-hydrogen) atoms. The monoisotopic (exact) mass is 276 g/mol. The first kappa shape index (κ1) is 12.8. The quantitative estimate of drug-likeness (QED) is 0.811. The predicted molar refractivity (Wildman–Crippen MR) is 63.2 cm³/mol. The van der Waals surface area contributed by atoms with Crippen LogP contribution in [0, 0.1) is 0 Å². The van der Waals surface area contributed by atoms with Gasteiger partial charge in [0.25, 0.3) is 0 Å². The minimum Gasteiger partial charge on any atom is -0.395 e. The van der Waals surface area contributed by atoms with Crippen LogP contribution in [0.3, 0.4) is 0 Å². The summed E-state index contributed by atoms with van der Waals surface area (Å²) in [7, 11) is -3.56. The summed E-state index contributed by atoms with van der Waals surface area (Å²) < 4.78 is 25.8. The average Bonchev–Trinajstić information content (AvgIpc) is 3.10. The number of rotatable bonds is 5. The van der Waals surface area contributed by atoms with Crippen LogP contribution in [-0.2, 0) is 10.0 Å². The van der Waals surface area contributed by atoms with Gasteiger partial charge in [-0.25, -0.2) is 13.4 Å². The standard InChI is InChI=1S/C10H13ClN2O3S/c11-10-4-3-9(7-12-10)17(15,16)13(5-6-14)8-1-2-8/h3-4,7-8,14H,1-2,5-6H2. The van der Waals surface area contributed by atoms with E-state index in [0.717, 1.165) is 12.8 Å². The van der Waals surface area contributed by atoms with Crippen LogP contribution >= 0.6 is 11.6 Å². The summed E-state index contributed by atoms with van der Waals surface area (Å²) in [5.41, 5.74) is 0. The lowest BCUT2D eigenvalue weighted by Crippen LogP contribution is -2.35. The zero-order chi connectivity index (χ0) is 12.5. The molecule has 1 aliphatic carbocycles. The number of sulfonamides is 1. The average molecular weight is 277 g/mol. The summed E-state index contributed by atoms with van der Waals surface area (Å²) in [4.78, 5) is 3.88. The molecule has 0 unspecified atom stereocenters. The predicted octanol–water partition coefficient (Wildman–Crippen LogP) is 0.880.